The van der Waals surface area contributed by atoms with Gasteiger partial charge in [-0.1, -0.05) is 145 Å². The lowest BCUT2D eigenvalue weighted by Crippen LogP contribution is -2.30. The van der Waals surface area contributed by atoms with Crippen LogP contribution in [0.5, 0.6) is 0 Å². The standard InChI is InChI=1S/C45H30N2O2/c1-29-13-10-18-32(27-29)33-25-26-37-36-19-8-9-23-39(36)46(41(37)28-33)40-24-12-22-38-42(40)45(49)47(44(38)48)43-34(30-14-4-2-5-15-30)20-11-21-35(43)31-16-6-3-7-17-31/h2-28H,1H3. The first-order chi connectivity index (χ1) is 24.1. The molecule has 7 aromatic carbocycles. The summed E-state index contributed by atoms with van der Waals surface area (Å²) >= 11 is 0. The van der Waals surface area contributed by atoms with Crippen LogP contribution in [-0.2, 0) is 0 Å². The number of hydrogen-bond donors (Lipinski definition) is 0. The minimum Gasteiger partial charge on any atom is -0.308 e. The van der Waals surface area contributed by atoms with Crippen LogP contribution in [0.3, 0.4) is 0 Å². The molecule has 8 aromatic rings. The van der Waals surface area contributed by atoms with E-state index >= 15 is 0 Å². The van der Waals surface area contributed by atoms with Crippen LogP contribution >= 0.6 is 0 Å². The lowest BCUT2D eigenvalue weighted by molar-refractivity contribution is 0.0926. The molecule has 0 unspecified atom stereocenters. The topological polar surface area (TPSA) is 42.3 Å². The Labute approximate surface area is 284 Å². The Morgan fingerprint density at radius 2 is 1.00 bits per heavy atom. The molecule has 232 valence electrons. The van der Waals surface area contributed by atoms with Gasteiger partial charge in [-0.05, 0) is 53.4 Å². The molecule has 1 aliphatic heterocycles. The van der Waals surface area contributed by atoms with Crippen molar-refractivity contribution in [1.82, 2.24) is 4.57 Å². The van der Waals surface area contributed by atoms with Gasteiger partial charge in [0.25, 0.3) is 11.8 Å². The van der Waals surface area contributed by atoms with Crippen LogP contribution in [-0.4, -0.2) is 16.4 Å². The SMILES string of the molecule is Cc1cccc(-c2ccc3c4ccccc4n(-c4cccc5c4C(=O)N(c4c(-c6ccccc6)cccc4-c4ccccc4)C5=O)c3c2)c1. The van der Waals surface area contributed by atoms with Crippen LogP contribution < -0.4 is 4.90 Å². The number of amides is 2. The van der Waals surface area contributed by atoms with Crippen molar-refractivity contribution in [2.75, 3.05) is 4.90 Å². The molecule has 2 heterocycles. The van der Waals surface area contributed by atoms with E-state index in [1.165, 1.54) is 10.5 Å². The summed E-state index contributed by atoms with van der Waals surface area (Å²) in [6, 6.07) is 54.7. The Hall–Kier alpha value is -6.52. The fourth-order valence-corrected chi connectivity index (χ4v) is 7.38. The van der Waals surface area contributed by atoms with Gasteiger partial charge in [-0.3, -0.25) is 9.59 Å². The number of fused-ring (bicyclic) bond motifs is 4. The molecule has 4 nitrogen and oxygen atoms in total. The quantitative estimate of drug-likeness (QED) is 0.178. The van der Waals surface area contributed by atoms with Gasteiger partial charge in [0, 0.05) is 21.9 Å². The highest BCUT2D eigenvalue weighted by atomic mass is 16.2. The van der Waals surface area contributed by atoms with Crippen molar-refractivity contribution in [3.63, 3.8) is 0 Å². The highest BCUT2D eigenvalue weighted by Gasteiger charge is 2.41. The summed E-state index contributed by atoms with van der Waals surface area (Å²) in [5.41, 5.74) is 10.9. The van der Waals surface area contributed by atoms with Gasteiger partial charge in [-0.2, -0.15) is 0 Å². The highest BCUT2D eigenvalue weighted by molar-refractivity contribution is 6.37. The van der Waals surface area contributed by atoms with Gasteiger partial charge in [0.05, 0.1) is 33.5 Å². The number of anilines is 1. The number of hydrogen-bond acceptors (Lipinski definition) is 2. The maximum absolute atomic E-state index is 15.0. The van der Waals surface area contributed by atoms with E-state index in [-0.39, 0.29) is 11.8 Å². The predicted octanol–water partition coefficient (Wildman–Crippen LogP) is 10.9. The average molecular weight is 631 g/mol. The van der Waals surface area contributed by atoms with Crippen LogP contribution in [0.1, 0.15) is 26.3 Å². The number of carbonyl (C=O) groups excluding carboxylic acids is 2. The molecule has 0 fully saturated rings. The molecule has 0 saturated carbocycles. The third-order valence-corrected chi connectivity index (χ3v) is 9.59. The van der Waals surface area contributed by atoms with E-state index in [0.717, 1.165) is 55.2 Å². The van der Waals surface area contributed by atoms with Crippen molar-refractivity contribution in [2.45, 2.75) is 6.92 Å². The smallest absolute Gasteiger partial charge is 0.268 e. The number of rotatable bonds is 5. The van der Waals surface area contributed by atoms with Crippen LogP contribution in [0.15, 0.2) is 164 Å². The normalized spacial score (nSPS) is 12.6. The summed E-state index contributed by atoms with van der Waals surface area (Å²) in [5, 5.41) is 2.17. The summed E-state index contributed by atoms with van der Waals surface area (Å²) in [5.74, 6) is -0.666. The number of para-hydroxylation sites is 2. The van der Waals surface area contributed by atoms with Crippen LogP contribution in [0.4, 0.5) is 5.69 Å². The molecule has 49 heavy (non-hydrogen) atoms. The number of nitrogens with zero attached hydrogens (tertiary/aromatic N) is 2. The molecule has 0 aliphatic carbocycles. The third kappa shape index (κ3) is 4.53. The average Bonchev–Trinajstić information content (AvgIpc) is 3.62. The van der Waals surface area contributed by atoms with Gasteiger partial charge in [0.2, 0.25) is 0 Å². The van der Waals surface area contributed by atoms with Crippen LogP contribution in [0.2, 0.25) is 0 Å². The van der Waals surface area contributed by atoms with Gasteiger partial charge < -0.3 is 4.57 Å². The molecular weight excluding hydrogens is 601 g/mol. The molecule has 1 aromatic heterocycles. The molecule has 0 N–H and O–H groups in total. The summed E-state index contributed by atoms with van der Waals surface area (Å²) in [6.07, 6.45) is 0. The molecule has 0 bridgehead atoms. The first-order valence-electron chi connectivity index (χ1n) is 16.4. The van der Waals surface area contributed by atoms with Crippen molar-refractivity contribution in [3.05, 3.63) is 180 Å². The Morgan fingerprint density at radius 1 is 0.429 bits per heavy atom. The van der Waals surface area contributed by atoms with Crippen molar-refractivity contribution in [1.29, 1.82) is 0 Å². The predicted molar refractivity (Wildman–Crippen MR) is 199 cm³/mol. The van der Waals surface area contributed by atoms with Crippen molar-refractivity contribution in [3.8, 4) is 39.1 Å². The number of benzene rings is 7. The first kappa shape index (κ1) is 28.7. The zero-order valence-corrected chi connectivity index (χ0v) is 26.8. The Morgan fingerprint density at radius 3 is 1.71 bits per heavy atom. The zero-order valence-electron chi connectivity index (χ0n) is 26.8. The maximum Gasteiger partial charge on any atom is 0.268 e. The van der Waals surface area contributed by atoms with E-state index in [1.54, 1.807) is 6.07 Å². The number of carbonyl (C=O) groups is 2. The van der Waals surface area contributed by atoms with Gasteiger partial charge in [-0.15, -0.1) is 0 Å². The molecule has 4 heteroatoms. The minimum absolute atomic E-state index is 0.330. The molecule has 0 saturated heterocycles. The monoisotopic (exact) mass is 630 g/mol. The summed E-state index contributed by atoms with van der Waals surface area (Å²) in [6.45, 7) is 2.10. The first-order valence-corrected chi connectivity index (χ1v) is 16.4. The number of aromatic nitrogens is 1. The maximum atomic E-state index is 15.0. The fourth-order valence-electron chi connectivity index (χ4n) is 7.38. The lowest BCUT2D eigenvalue weighted by Gasteiger charge is -2.23. The van der Waals surface area contributed by atoms with Gasteiger partial charge in [0.15, 0.2) is 0 Å². The van der Waals surface area contributed by atoms with Crippen LogP contribution in [0.25, 0.3) is 60.9 Å². The largest absolute Gasteiger partial charge is 0.308 e. The summed E-state index contributed by atoms with van der Waals surface area (Å²) in [4.78, 5) is 31.0. The zero-order chi connectivity index (χ0) is 33.1. The molecule has 0 spiro atoms. The Kier molecular flexibility index (Phi) is 6.63. The van der Waals surface area contributed by atoms with Gasteiger partial charge in [0.1, 0.15) is 0 Å². The molecule has 9 rings (SSSR count). The second kappa shape index (κ2) is 11.3. The van der Waals surface area contributed by atoms with Crippen LogP contribution in [0, 0.1) is 6.92 Å². The van der Waals surface area contributed by atoms with E-state index < -0.39 is 0 Å². The molecule has 0 atom stereocenters. The fraction of sp³-hybridized carbons (Fsp3) is 0.0222. The molecular formula is C45H30N2O2. The number of imide groups is 1. The second-order valence-electron chi connectivity index (χ2n) is 12.5. The van der Waals surface area contributed by atoms with E-state index in [9.17, 15) is 9.59 Å². The van der Waals surface area contributed by atoms with E-state index in [1.807, 2.05) is 103 Å². The third-order valence-electron chi connectivity index (χ3n) is 9.59. The van der Waals surface area contributed by atoms with E-state index in [0.29, 0.717) is 22.5 Å². The molecule has 2 amide bonds. The van der Waals surface area contributed by atoms with E-state index in [4.69, 9.17) is 0 Å². The van der Waals surface area contributed by atoms with Crippen molar-refractivity contribution in [2.24, 2.45) is 0 Å². The number of aryl methyl sites for hydroxylation is 1. The van der Waals surface area contributed by atoms with Gasteiger partial charge >= 0.3 is 0 Å². The van der Waals surface area contributed by atoms with E-state index in [2.05, 4.69) is 66.1 Å². The van der Waals surface area contributed by atoms with Crippen molar-refractivity contribution < 1.29 is 9.59 Å². The van der Waals surface area contributed by atoms with Gasteiger partial charge in [-0.25, -0.2) is 4.90 Å². The molecule has 1 aliphatic rings. The highest BCUT2D eigenvalue weighted by Crippen LogP contribution is 2.45. The Balaban J connectivity index is 1.29. The lowest BCUT2D eigenvalue weighted by atomic mass is 9.95. The Bertz CT molecular complexity index is 2540. The second-order valence-corrected chi connectivity index (χ2v) is 12.5. The molecule has 0 radical (unpaired) electrons. The van der Waals surface area contributed by atoms with Crippen molar-refractivity contribution >= 4 is 39.3 Å². The minimum atomic E-state index is -0.336. The summed E-state index contributed by atoms with van der Waals surface area (Å²) < 4.78 is 2.15. The summed E-state index contributed by atoms with van der Waals surface area (Å²) in [7, 11) is 0.